The molecule has 5 heteroatoms. The molecule has 0 fully saturated rings. The number of carbonyl (C=O) groups excluding carboxylic acids is 1. The van der Waals surface area contributed by atoms with Gasteiger partial charge in [0.25, 0.3) is 0 Å². The van der Waals surface area contributed by atoms with Gasteiger partial charge in [0.05, 0.1) is 10.6 Å². The highest BCUT2D eigenvalue weighted by molar-refractivity contribution is 6.65. The van der Waals surface area contributed by atoms with E-state index in [-0.39, 0.29) is 5.97 Å². The van der Waals surface area contributed by atoms with Crippen LogP contribution in [-0.2, 0) is 9.53 Å². The van der Waals surface area contributed by atoms with Crippen LogP contribution in [0, 0.1) is 0 Å². The Bertz CT molecular complexity index is 327. The highest BCUT2D eigenvalue weighted by Crippen LogP contribution is 2.23. The highest BCUT2D eigenvalue weighted by Gasteiger charge is 2.14. The smallest absolute Gasteiger partial charge is 0.333 e. The standard InChI is InChI=1S/C18H34Cl2O2Si/c1-16(2)17(21)22-15-13-11-9-7-5-3-4-6-8-10-12-14-18(19,20)23/h1,3-15H2,2,23H3. The van der Waals surface area contributed by atoms with Crippen LogP contribution in [0.5, 0.6) is 0 Å². The van der Waals surface area contributed by atoms with Gasteiger partial charge in [0.1, 0.15) is 0 Å². The van der Waals surface area contributed by atoms with Crippen molar-refractivity contribution >= 4 is 39.4 Å². The number of hydrogen-bond acceptors (Lipinski definition) is 2. The molecule has 0 unspecified atom stereocenters. The third-order valence-electron chi connectivity index (χ3n) is 3.84. The average Bonchev–Trinajstić information content (AvgIpc) is 2.46. The van der Waals surface area contributed by atoms with Crippen molar-refractivity contribution in [3.05, 3.63) is 12.2 Å². The largest absolute Gasteiger partial charge is 0.462 e. The van der Waals surface area contributed by atoms with E-state index in [2.05, 4.69) is 6.58 Å². The molecule has 136 valence electrons. The molecular formula is C18H34Cl2O2Si. The normalized spacial score (nSPS) is 11.6. The number of esters is 1. The van der Waals surface area contributed by atoms with Gasteiger partial charge in [0.2, 0.25) is 0 Å². The summed E-state index contributed by atoms with van der Waals surface area (Å²) in [4.78, 5) is 11.2. The molecule has 0 bridgehead atoms. The maximum absolute atomic E-state index is 11.2. The number of alkyl halides is 2. The molecule has 2 nitrogen and oxygen atoms in total. The summed E-state index contributed by atoms with van der Waals surface area (Å²) in [6, 6.07) is 0. The van der Waals surface area contributed by atoms with Crippen LogP contribution in [0.2, 0.25) is 0 Å². The van der Waals surface area contributed by atoms with E-state index in [0.29, 0.717) is 12.2 Å². The fourth-order valence-electron chi connectivity index (χ4n) is 2.42. The number of halogens is 2. The van der Waals surface area contributed by atoms with Crippen molar-refractivity contribution in [2.24, 2.45) is 0 Å². The molecule has 0 N–H and O–H groups in total. The van der Waals surface area contributed by atoms with Gasteiger partial charge in [-0.25, -0.2) is 4.79 Å². The summed E-state index contributed by atoms with van der Waals surface area (Å²) in [5.74, 6) is -0.270. The Morgan fingerprint density at radius 3 is 1.70 bits per heavy atom. The number of unbranched alkanes of at least 4 members (excludes halogenated alkanes) is 10. The minimum absolute atomic E-state index is 0.270. The zero-order valence-corrected chi connectivity index (χ0v) is 18.5. The number of ether oxygens (including phenoxy) is 1. The van der Waals surface area contributed by atoms with Gasteiger partial charge in [-0.05, 0) is 19.8 Å². The van der Waals surface area contributed by atoms with E-state index in [1.165, 1.54) is 51.4 Å². The Hall–Kier alpha value is 0.00688. The van der Waals surface area contributed by atoms with Crippen molar-refractivity contribution in [3.63, 3.8) is 0 Å². The van der Waals surface area contributed by atoms with Gasteiger partial charge in [-0.3, -0.25) is 0 Å². The predicted molar refractivity (Wildman–Crippen MR) is 106 cm³/mol. The van der Waals surface area contributed by atoms with Crippen LogP contribution in [-0.4, -0.2) is 26.8 Å². The van der Waals surface area contributed by atoms with Crippen molar-refractivity contribution in [1.29, 1.82) is 0 Å². The first-order valence-corrected chi connectivity index (χ1v) is 10.8. The van der Waals surface area contributed by atoms with Crippen LogP contribution in [0.3, 0.4) is 0 Å². The lowest BCUT2D eigenvalue weighted by Crippen LogP contribution is -2.11. The van der Waals surface area contributed by atoms with Gasteiger partial charge in [0, 0.05) is 15.8 Å². The Balaban J connectivity index is 3.14. The van der Waals surface area contributed by atoms with Crippen LogP contribution in [0.1, 0.15) is 84.0 Å². The lowest BCUT2D eigenvalue weighted by atomic mass is 10.1. The fourth-order valence-corrected chi connectivity index (χ4v) is 3.04. The van der Waals surface area contributed by atoms with Gasteiger partial charge >= 0.3 is 5.97 Å². The summed E-state index contributed by atoms with van der Waals surface area (Å²) in [5, 5.41) is 0. The molecule has 0 amide bonds. The van der Waals surface area contributed by atoms with E-state index >= 15 is 0 Å². The number of carbonyl (C=O) groups is 1. The summed E-state index contributed by atoms with van der Waals surface area (Å²) < 4.78 is 4.65. The van der Waals surface area contributed by atoms with Crippen molar-refractivity contribution in [2.45, 2.75) is 87.9 Å². The van der Waals surface area contributed by atoms with Gasteiger partial charge in [-0.15, -0.1) is 23.2 Å². The quantitative estimate of drug-likeness (QED) is 0.127. The lowest BCUT2D eigenvalue weighted by Gasteiger charge is -2.12. The summed E-state index contributed by atoms with van der Waals surface area (Å²) in [7, 11) is 0.850. The first kappa shape index (κ1) is 23.0. The Morgan fingerprint density at radius 1 is 0.913 bits per heavy atom. The zero-order valence-electron chi connectivity index (χ0n) is 15.0. The second-order valence-corrected chi connectivity index (χ2v) is 11.5. The van der Waals surface area contributed by atoms with Gasteiger partial charge in [-0.1, -0.05) is 70.8 Å². The van der Waals surface area contributed by atoms with Crippen LogP contribution in [0.25, 0.3) is 0 Å². The molecule has 0 aromatic rings. The van der Waals surface area contributed by atoms with Crippen LogP contribution < -0.4 is 0 Å². The van der Waals surface area contributed by atoms with E-state index in [0.717, 1.165) is 35.9 Å². The molecular weight excluding hydrogens is 347 g/mol. The lowest BCUT2D eigenvalue weighted by molar-refractivity contribution is -0.139. The third kappa shape index (κ3) is 18.2. The van der Waals surface area contributed by atoms with Crippen molar-refractivity contribution in [1.82, 2.24) is 0 Å². The van der Waals surface area contributed by atoms with Crippen LogP contribution in [0.15, 0.2) is 12.2 Å². The molecule has 0 saturated heterocycles. The van der Waals surface area contributed by atoms with E-state index in [4.69, 9.17) is 27.9 Å². The molecule has 0 atom stereocenters. The first-order chi connectivity index (χ1) is 10.8. The molecule has 0 heterocycles. The second-order valence-electron chi connectivity index (χ2n) is 6.63. The van der Waals surface area contributed by atoms with Crippen LogP contribution >= 0.6 is 23.2 Å². The van der Waals surface area contributed by atoms with Crippen molar-refractivity contribution in [3.8, 4) is 0 Å². The maximum Gasteiger partial charge on any atom is 0.333 e. The Morgan fingerprint density at radius 2 is 1.30 bits per heavy atom. The van der Waals surface area contributed by atoms with Gasteiger partial charge in [-0.2, -0.15) is 0 Å². The fraction of sp³-hybridized carbons (Fsp3) is 0.833. The molecule has 0 saturated carbocycles. The highest BCUT2D eigenvalue weighted by atomic mass is 35.5. The molecule has 0 aromatic carbocycles. The van der Waals surface area contributed by atoms with E-state index in [1.807, 2.05) is 0 Å². The minimum Gasteiger partial charge on any atom is -0.462 e. The minimum atomic E-state index is -0.414. The molecule has 0 aliphatic rings. The Kier molecular flexibility index (Phi) is 14.4. The molecule has 0 radical (unpaired) electrons. The maximum atomic E-state index is 11.2. The summed E-state index contributed by atoms with van der Waals surface area (Å²) >= 11 is 12.0. The molecule has 0 aliphatic heterocycles. The predicted octanol–water partition coefficient (Wildman–Crippen LogP) is 5.28. The second kappa shape index (κ2) is 14.4. The molecule has 0 rings (SSSR count). The van der Waals surface area contributed by atoms with Gasteiger partial charge in [0.15, 0.2) is 0 Å². The summed E-state index contributed by atoms with van der Waals surface area (Å²) in [6.07, 6.45) is 14.6. The van der Waals surface area contributed by atoms with Crippen molar-refractivity contribution < 1.29 is 9.53 Å². The molecule has 0 aliphatic carbocycles. The molecule has 0 aromatic heterocycles. The Labute approximate surface area is 155 Å². The number of rotatable bonds is 15. The van der Waals surface area contributed by atoms with E-state index in [1.54, 1.807) is 6.92 Å². The summed E-state index contributed by atoms with van der Waals surface area (Å²) in [5.41, 5.74) is 0.478. The molecule has 23 heavy (non-hydrogen) atoms. The van der Waals surface area contributed by atoms with E-state index < -0.39 is 3.96 Å². The van der Waals surface area contributed by atoms with Crippen LogP contribution in [0.4, 0.5) is 0 Å². The number of hydrogen-bond donors (Lipinski definition) is 0. The van der Waals surface area contributed by atoms with Gasteiger partial charge < -0.3 is 4.74 Å². The zero-order chi connectivity index (χ0) is 17.6. The topological polar surface area (TPSA) is 26.3 Å². The van der Waals surface area contributed by atoms with Crippen molar-refractivity contribution in [2.75, 3.05) is 6.61 Å². The van der Waals surface area contributed by atoms with E-state index in [9.17, 15) is 4.79 Å². The third-order valence-corrected chi connectivity index (χ3v) is 4.72. The molecule has 0 spiro atoms. The first-order valence-electron chi connectivity index (χ1n) is 9.03. The summed E-state index contributed by atoms with van der Waals surface area (Å²) in [6.45, 7) is 5.76. The SMILES string of the molecule is C=C(C)C(=O)OCCCCCCCCCCCCCC([SiH3])(Cl)Cl. The monoisotopic (exact) mass is 380 g/mol. The average molecular weight is 381 g/mol.